The fraction of sp³-hybridized carbons (Fsp3) is 0.848. The minimum absolute atomic E-state index is 0.0169. The minimum atomic E-state index is -2.90. The molecule has 8 heteroatoms. The lowest BCUT2D eigenvalue weighted by molar-refractivity contribution is -0.226. The van der Waals surface area contributed by atoms with Gasteiger partial charge in [-0.05, 0) is 166 Å². The van der Waals surface area contributed by atoms with Crippen LogP contribution in [0, 0.1) is 62.1 Å². The zero-order chi connectivity index (χ0) is 39.3. The van der Waals surface area contributed by atoms with Crippen molar-refractivity contribution >= 4 is 15.8 Å². The van der Waals surface area contributed by atoms with Gasteiger partial charge in [0, 0.05) is 31.7 Å². The quantitative estimate of drug-likeness (QED) is 0.228. The second kappa shape index (κ2) is 13.5. The molecule has 1 saturated heterocycles. The third kappa shape index (κ3) is 6.09. The van der Waals surface area contributed by atoms with Crippen LogP contribution >= 0.6 is 0 Å². The number of allylic oxidation sites excluding steroid dienone is 5. The summed E-state index contributed by atoms with van der Waals surface area (Å²) in [5, 5.41) is 13.9. The van der Waals surface area contributed by atoms with E-state index in [0.29, 0.717) is 55.5 Å². The Morgan fingerprint density at radius 2 is 1.65 bits per heavy atom. The maximum atomic E-state index is 14.0. The molecular formula is C46H73FN2O4S. The molecule has 10 atom stereocenters. The Hall–Kier alpha value is -1.51. The number of carbonyl (C=O) groups is 1. The van der Waals surface area contributed by atoms with Gasteiger partial charge >= 0.3 is 5.97 Å². The monoisotopic (exact) mass is 769 g/mol. The number of carboxylic acids is 1. The van der Waals surface area contributed by atoms with Gasteiger partial charge in [-0.25, -0.2) is 12.8 Å². The van der Waals surface area contributed by atoms with Gasteiger partial charge in [-0.2, -0.15) is 0 Å². The van der Waals surface area contributed by atoms with E-state index in [1.54, 1.807) is 0 Å². The van der Waals surface area contributed by atoms with E-state index in [2.05, 4.69) is 84.3 Å². The van der Waals surface area contributed by atoms with E-state index in [9.17, 15) is 22.7 Å². The van der Waals surface area contributed by atoms with Crippen molar-refractivity contribution in [1.29, 1.82) is 0 Å². The van der Waals surface area contributed by atoms with Crippen LogP contribution in [0.15, 0.2) is 35.5 Å². The second-order valence-electron chi connectivity index (χ2n) is 21.8. The maximum Gasteiger partial charge on any atom is 0.312 e. The molecule has 1 aliphatic heterocycles. The lowest BCUT2D eigenvalue weighted by atomic mass is 9.32. The van der Waals surface area contributed by atoms with E-state index < -0.39 is 27.9 Å². The zero-order valence-corrected chi connectivity index (χ0v) is 35.9. The smallest absolute Gasteiger partial charge is 0.312 e. The number of fused-ring (bicyclic) bond motifs is 7. The van der Waals surface area contributed by atoms with E-state index in [1.807, 2.05) is 0 Å². The summed E-state index contributed by atoms with van der Waals surface area (Å²) in [5.74, 6) is 2.64. The average molecular weight is 769 g/mol. The summed E-state index contributed by atoms with van der Waals surface area (Å²) in [6.07, 6.45) is 17.2. The van der Waals surface area contributed by atoms with Crippen molar-refractivity contribution in [1.82, 2.24) is 10.2 Å². The molecule has 54 heavy (non-hydrogen) atoms. The highest BCUT2D eigenvalue weighted by Crippen LogP contribution is 2.77. The van der Waals surface area contributed by atoms with E-state index >= 15 is 0 Å². The van der Waals surface area contributed by atoms with Gasteiger partial charge < -0.3 is 10.4 Å². The second-order valence-corrected chi connectivity index (χ2v) is 24.1. The Labute approximate surface area is 327 Å². The van der Waals surface area contributed by atoms with Gasteiger partial charge in [-0.1, -0.05) is 58.9 Å². The first-order chi connectivity index (χ1) is 25.1. The number of sulfone groups is 1. The summed E-state index contributed by atoms with van der Waals surface area (Å²) >= 11 is 0. The highest BCUT2D eigenvalue weighted by molar-refractivity contribution is 7.91. The van der Waals surface area contributed by atoms with Gasteiger partial charge in [0.05, 0.1) is 16.9 Å². The Kier molecular flexibility index (Phi) is 10.2. The largest absolute Gasteiger partial charge is 0.481 e. The first kappa shape index (κ1) is 40.7. The molecule has 1 heterocycles. The first-order valence-electron chi connectivity index (χ1n) is 21.6. The number of hydrogen-bond donors (Lipinski definition) is 2. The van der Waals surface area contributed by atoms with Crippen LogP contribution in [-0.2, 0) is 14.6 Å². The van der Waals surface area contributed by atoms with Gasteiger partial charge in [0.15, 0.2) is 9.84 Å². The van der Waals surface area contributed by atoms with Gasteiger partial charge in [0.25, 0.3) is 0 Å². The van der Waals surface area contributed by atoms with Crippen molar-refractivity contribution in [2.45, 2.75) is 138 Å². The summed E-state index contributed by atoms with van der Waals surface area (Å²) in [5.41, 5.74) is 3.68. The van der Waals surface area contributed by atoms with E-state index in [0.717, 1.165) is 19.5 Å². The number of halogens is 1. The molecule has 0 bridgehead atoms. The number of aliphatic carboxylic acids is 1. The summed E-state index contributed by atoms with van der Waals surface area (Å²) < 4.78 is 38.3. The highest BCUT2D eigenvalue weighted by Gasteiger charge is 2.70. The van der Waals surface area contributed by atoms with Crippen LogP contribution in [0.5, 0.6) is 0 Å². The molecule has 4 saturated carbocycles. The van der Waals surface area contributed by atoms with Crippen molar-refractivity contribution in [2.24, 2.45) is 62.1 Å². The molecule has 7 aliphatic rings. The van der Waals surface area contributed by atoms with E-state index in [4.69, 9.17) is 0 Å². The summed E-state index contributed by atoms with van der Waals surface area (Å²) in [7, 11) is -2.90. The average Bonchev–Trinajstić information content (AvgIpc) is 3.48. The molecule has 0 aromatic carbocycles. The topological polar surface area (TPSA) is 86.7 Å². The van der Waals surface area contributed by atoms with Gasteiger partial charge in [-0.3, -0.25) is 9.69 Å². The number of carboxylic acid groups (broad SMARTS) is 1. The summed E-state index contributed by atoms with van der Waals surface area (Å²) in [6.45, 7) is 26.8. The van der Waals surface area contributed by atoms with Crippen LogP contribution < -0.4 is 5.32 Å². The summed E-state index contributed by atoms with van der Waals surface area (Å²) in [6, 6.07) is 0. The van der Waals surface area contributed by atoms with Crippen LogP contribution in [0.2, 0.25) is 0 Å². The Balaban J connectivity index is 1.12. The molecular weight excluding hydrogens is 696 g/mol. The summed E-state index contributed by atoms with van der Waals surface area (Å²) in [4.78, 5) is 14.4. The molecule has 0 radical (unpaired) electrons. The SMILES string of the molecule is C=C(C)[C@@H]1CC[C@]2(CNCC(C)(C)N3CCS(=O)(=O)CC3)CC[C@]3(C)[C@H](CC[C@@H]4[C@@]5(C)CC=C(C6=CCC(CF)(C(=O)O)CC6)C(C)(C)[C@@H]5CC[C@]43C)[C@@H]12. The molecule has 0 aromatic rings. The maximum absolute atomic E-state index is 14.0. The molecule has 304 valence electrons. The van der Waals surface area contributed by atoms with Gasteiger partial charge in [-0.15, -0.1) is 0 Å². The van der Waals surface area contributed by atoms with E-state index in [-0.39, 0.29) is 50.5 Å². The molecule has 6 aliphatic carbocycles. The van der Waals surface area contributed by atoms with Crippen molar-refractivity contribution in [3.05, 3.63) is 35.5 Å². The van der Waals surface area contributed by atoms with Crippen molar-refractivity contribution in [3.8, 4) is 0 Å². The van der Waals surface area contributed by atoms with Crippen LogP contribution in [-0.4, -0.2) is 74.3 Å². The van der Waals surface area contributed by atoms with Crippen molar-refractivity contribution < 1.29 is 22.7 Å². The van der Waals surface area contributed by atoms with Crippen LogP contribution in [0.25, 0.3) is 0 Å². The van der Waals surface area contributed by atoms with Crippen molar-refractivity contribution in [2.75, 3.05) is 44.4 Å². The van der Waals surface area contributed by atoms with E-state index in [1.165, 1.54) is 68.1 Å². The first-order valence-corrected chi connectivity index (χ1v) is 23.4. The Morgan fingerprint density at radius 3 is 2.26 bits per heavy atom. The number of hydrogen-bond acceptors (Lipinski definition) is 5. The Morgan fingerprint density at radius 1 is 0.944 bits per heavy atom. The van der Waals surface area contributed by atoms with Gasteiger partial charge in [0.2, 0.25) is 0 Å². The molecule has 6 nitrogen and oxygen atoms in total. The predicted octanol–water partition coefficient (Wildman–Crippen LogP) is 9.43. The fourth-order valence-corrected chi connectivity index (χ4v) is 16.5. The molecule has 5 fully saturated rings. The Bertz CT molecular complexity index is 1690. The predicted molar refractivity (Wildman–Crippen MR) is 218 cm³/mol. The fourth-order valence-electron chi connectivity index (χ4n) is 15.3. The molecule has 0 amide bonds. The van der Waals surface area contributed by atoms with Crippen LogP contribution in [0.3, 0.4) is 0 Å². The number of alkyl halides is 1. The minimum Gasteiger partial charge on any atom is -0.481 e. The third-order valence-corrected chi connectivity index (χ3v) is 20.3. The lowest BCUT2D eigenvalue weighted by Crippen LogP contribution is -2.66. The number of rotatable bonds is 9. The highest BCUT2D eigenvalue weighted by atomic mass is 32.2. The molecule has 2 N–H and O–H groups in total. The number of nitrogens with one attached hydrogen (secondary N) is 1. The lowest BCUT2D eigenvalue weighted by Gasteiger charge is -2.72. The van der Waals surface area contributed by atoms with Crippen LogP contribution in [0.1, 0.15) is 132 Å². The zero-order valence-electron chi connectivity index (χ0n) is 35.1. The molecule has 0 spiro atoms. The van der Waals surface area contributed by atoms with Crippen molar-refractivity contribution in [3.63, 3.8) is 0 Å². The molecule has 7 rings (SSSR count). The number of nitrogens with zero attached hydrogens (tertiary/aromatic N) is 1. The molecule has 0 aromatic heterocycles. The standard InChI is InChI=1S/C46H73FN2O4S/c1-31(2)33-14-21-46(30-48-29-40(3,4)49-24-26-54(52,53)27-25-49)23-22-43(8)35(38(33)46)10-11-37-42(7)17-15-34(41(5,6)36(42)16-18-44(37,43)9)32-12-19-45(28-47,20-13-32)39(50)51/h12,15,33,35-38,48H,1,10-11,13-14,16-30H2,2-9H3,(H,50,51)/t33-,35+,36-,37+,38+,42-,43+,44+,45?,46+/m0/s1. The molecule has 1 unspecified atom stereocenters. The van der Waals surface area contributed by atoms with Crippen LogP contribution in [0.4, 0.5) is 4.39 Å². The van der Waals surface area contributed by atoms with Gasteiger partial charge in [0.1, 0.15) is 6.67 Å². The normalized spacial score (nSPS) is 44.5. The third-order valence-electron chi connectivity index (χ3n) is 18.7.